The molecule has 2 N–H and O–H groups in total. The number of halogens is 1. The number of hydrogen-bond acceptors (Lipinski definition) is 2. The van der Waals surface area contributed by atoms with E-state index in [-0.39, 0.29) is 18.1 Å². The maximum atomic E-state index is 11.5. The first kappa shape index (κ1) is 12.8. The number of phenols is 1. The second-order valence-corrected chi connectivity index (χ2v) is 4.56. The van der Waals surface area contributed by atoms with Gasteiger partial charge in [-0.2, -0.15) is 0 Å². The lowest BCUT2D eigenvalue weighted by molar-refractivity contribution is -0.120. The molecule has 0 aliphatic carbocycles. The van der Waals surface area contributed by atoms with E-state index in [1.807, 2.05) is 13.8 Å². The summed E-state index contributed by atoms with van der Waals surface area (Å²) in [6.07, 6.45) is 0.242. The maximum absolute atomic E-state index is 11.5. The summed E-state index contributed by atoms with van der Waals surface area (Å²) in [4.78, 5) is 11.5. The predicted octanol–water partition coefficient (Wildman–Crippen LogP) is 2.36. The Hall–Kier alpha value is -1.22. The number of phenolic OH excluding ortho intramolecular Hbond substituents is 1. The lowest BCUT2D eigenvalue weighted by Gasteiger charge is -2.08. The van der Waals surface area contributed by atoms with Crippen molar-refractivity contribution in [2.24, 2.45) is 5.92 Å². The second kappa shape index (κ2) is 5.75. The van der Waals surface area contributed by atoms with Crippen molar-refractivity contribution in [2.75, 3.05) is 6.54 Å². The van der Waals surface area contributed by atoms with Gasteiger partial charge in [0.1, 0.15) is 5.75 Å². The third-order valence-electron chi connectivity index (χ3n) is 2.10. The summed E-state index contributed by atoms with van der Waals surface area (Å²) in [7, 11) is 0. The van der Waals surface area contributed by atoms with Crippen LogP contribution in [0.4, 0.5) is 0 Å². The highest BCUT2D eigenvalue weighted by Crippen LogP contribution is 2.21. The summed E-state index contributed by atoms with van der Waals surface area (Å²) in [6.45, 7) is 4.73. The van der Waals surface area contributed by atoms with Gasteiger partial charge in [0.05, 0.1) is 6.42 Å². The molecule has 0 saturated heterocycles. The monoisotopic (exact) mass is 241 g/mol. The van der Waals surface area contributed by atoms with Crippen LogP contribution < -0.4 is 5.32 Å². The molecule has 1 rings (SSSR count). The molecule has 3 nitrogen and oxygen atoms in total. The molecule has 0 spiro atoms. The predicted molar refractivity (Wildman–Crippen MR) is 64.7 cm³/mol. The van der Waals surface area contributed by atoms with Crippen molar-refractivity contribution in [1.82, 2.24) is 5.32 Å². The average Bonchev–Trinajstić information content (AvgIpc) is 2.19. The molecule has 88 valence electrons. The smallest absolute Gasteiger partial charge is 0.224 e. The number of amides is 1. The van der Waals surface area contributed by atoms with Crippen molar-refractivity contribution < 1.29 is 9.90 Å². The molecule has 16 heavy (non-hydrogen) atoms. The van der Waals surface area contributed by atoms with Crippen molar-refractivity contribution in [3.05, 3.63) is 28.8 Å². The first-order valence-electron chi connectivity index (χ1n) is 5.23. The minimum Gasteiger partial charge on any atom is -0.508 e. The van der Waals surface area contributed by atoms with E-state index >= 15 is 0 Å². The minimum atomic E-state index is -0.0544. The van der Waals surface area contributed by atoms with Crippen molar-refractivity contribution in [3.63, 3.8) is 0 Å². The Bertz CT molecular complexity index is 377. The summed E-state index contributed by atoms with van der Waals surface area (Å²) in [5, 5.41) is 12.4. The third-order valence-corrected chi connectivity index (χ3v) is 2.45. The number of benzene rings is 1. The fourth-order valence-electron chi connectivity index (χ4n) is 1.23. The van der Waals surface area contributed by atoms with Gasteiger partial charge < -0.3 is 10.4 Å². The minimum absolute atomic E-state index is 0.0544. The van der Waals surface area contributed by atoms with Crippen LogP contribution in [0, 0.1) is 5.92 Å². The van der Waals surface area contributed by atoms with Crippen LogP contribution >= 0.6 is 11.6 Å². The number of carbonyl (C=O) groups excluding carboxylic acids is 1. The highest BCUT2D eigenvalue weighted by atomic mass is 35.5. The molecular weight excluding hydrogens is 226 g/mol. The van der Waals surface area contributed by atoms with Crippen LogP contribution in [-0.4, -0.2) is 17.6 Å². The standard InChI is InChI=1S/C12H16ClNO2/c1-8(2)7-14-12(16)5-9-3-4-10(15)6-11(9)13/h3-4,6,8,15H,5,7H2,1-2H3,(H,14,16). The van der Waals surface area contributed by atoms with Crippen molar-refractivity contribution >= 4 is 17.5 Å². The molecule has 0 aliphatic rings. The zero-order valence-corrected chi connectivity index (χ0v) is 10.2. The second-order valence-electron chi connectivity index (χ2n) is 4.15. The van der Waals surface area contributed by atoms with Crippen molar-refractivity contribution in [3.8, 4) is 5.75 Å². The summed E-state index contributed by atoms with van der Waals surface area (Å²) < 4.78 is 0. The zero-order chi connectivity index (χ0) is 12.1. The number of nitrogens with one attached hydrogen (secondary N) is 1. The average molecular weight is 242 g/mol. The van der Waals surface area contributed by atoms with E-state index in [2.05, 4.69) is 5.32 Å². The molecule has 1 amide bonds. The van der Waals surface area contributed by atoms with Crippen LogP contribution in [-0.2, 0) is 11.2 Å². The summed E-state index contributed by atoms with van der Waals surface area (Å²) in [6, 6.07) is 4.62. The van der Waals surface area contributed by atoms with Gasteiger partial charge in [0.2, 0.25) is 5.91 Å². The van der Waals surface area contributed by atoms with Gasteiger partial charge in [-0.25, -0.2) is 0 Å². The molecule has 0 aromatic heterocycles. The third kappa shape index (κ3) is 4.11. The molecule has 0 bridgehead atoms. The Morgan fingerprint density at radius 2 is 2.19 bits per heavy atom. The van der Waals surface area contributed by atoms with Gasteiger partial charge in [-0.1, -0.05) is 31.5 Å². The van der Waals surface area contributed by atoms with Crippen LogP contribution in [0.2, 0.25) is 5.02 Å². The molecular formula is C12H16ClNO2. The van der Waals surface area contributed by atoms with Gasteiger partial charge in [0.25, 0.3) is 0 Å². The lowest BCUT2D eigenvalue weighted by atomic mass is 10.1. The number of aromatic hydroxyl groups is 1. The fraction of sp³-hybridized carbons (Fsp3) is 0.417. The molecule has 1 aromatic carbocycles. The topological polar surface area (TPSA) is 49.3 Å². The summed E-state index contributed by atoms with van der Waals surface area (Å²) in [5.74, 6) is 0.483. The van der Waals surface area contributed by atoms with Crippen LogP contribution in [0.25, 0.3) is 0 Å². The molecule has 4 heteroatoms. The number of carbonyl (C=O) groups is 1. The molecule has 0 heterocycles. The largest absolute Gasteiger partial charge is 0.508 e. The number of hydrogen-bond donors (Lipinski definition) is 2. The Balaban J connectivity index is 2.56. The van der Waals surface area contributed by atoms with E-state index in [0.29, 0.717) is 17.5 Å². The molecule has 0 fully saturated rings. The molecule has 0 aliphatic heterocycles. The molecule has 0 atom stereocenters. The molecule has 1 aromatic rings. The zero-order valence-electron chi connectivity index (χ0n) is 9.46. The van der Waals surface area contributed by atoms with Gasteiger partial charge >= 0.3 is 0 Å². The highest BCUT2D eigenvalue weighted by Gasteiger charge is 2.07. The van der Waals surface area contributed by atoms with Crippen LogP contribution in [0.15, 0.2) is 18.2 Å². The highest BCUT2D eigenvalue weighted by molar-refractivity contribution is 6.31. The van der Waals surface area contributed by atoms with Gasteiger partial charge in [-0.05, 0) is 23.6 Å². The van der Waals surface area contributed by atoms with E-state index in [1.165, 1.54) is 12.1 Å². The summed E-state index contributed by atoms with van der Waals surface area (Å²) in [5.41, 5.74) is 0.723. The van der Waals surface area contributed by atoms with Gasteiger partial charge in [0, 0.05) is 11.6 Å². The van der Waals surface area contributed by atoms with E-state index in [4.69, 9.17) is 16.7 Å². The van der Waals surface area contributed by atoms with Crippen LogP contribution in [0.5, 0.6) is 5.75 Å². The van der Waals surface area contributed by atoms with E-state index in [9.17, 15) is 4.79 Å². The Morgan fingerprint density at radius 1 is 1.50 bits per heavy atom. The van der Waals surface area contributed by atoms with Gasteiger partial charge in [-0.15, -0.1) is 0 Å². The molecule has 0 radical (unpaired) electrons. The van der Waals surface area contributed by atoms with Crippen LogP contribution in [0.1, 0.15) is 19.4 Å². The van der Waals surface area contributed by atoms with E-state index in [0.717, 1.165) is 5.56 Å². The Labute approximate surface area is 100 Å². The SMILES string of the molecule is CC(C)CNC(=O)Cc1ccc(O)cc1Cl. The maximum Gasteiger partial charge on any atom is 0.224 e. The summed E-state index contributed by atoms with van der Waals surface area (Å²) >= 11 is 5.90. The van der Waals surface area contributed by atoms with E-state index < -0.39 is 0 Å². The Kier molecular flexibility index (Phi) is 4.62. The van der Waals surface area contributed by atoms with Gasteiger partial charge in [-0.3, -0.25) is 4.79 Å². The fourth-order valence-corrected chi connectivity index (χ4v) is 1.47. The number of rotatable bonds is 4. The molecule has 0 unspecified atom stereocenters. The molecule has 0 saturated carbocycles. The Morgan fingerprint density at radius 3 is 2.75 bits per heavy atom. The first-order valence-corrected chi connectivity index (χ1v) is 5.61. The quantitative estimate of drug-likeness (QED) is 0.850. The van der Waals surface area contributed by atoms with Crippen LogP contribution in [0.3, 0.4) is 0 Å². The van der Waals surface area contributed by atoms with Crippen molar-refractivity contribution in [1.29, 1.82) is 0 Å². The van der Waals surface area contributed by atoms with Gasteiger partial charge in [0.15, 0.2) is 0 Å². The lowest BCUT2D eigenvalue weighted by Crippen LogP contribution is -2.28. The first-order chi connectivity index (χ1) is 7.49. The van der Waals surface area contributed by atoms with E-state index in [1.54, 1.807) is 6.07 Å². The van der Waals surface area contributed by atoms with Crippen molar-refractivity contribution in [2.45, 2.75) is 20.3 Å². The normalized spacial score (nSPS) is 10.5.